The second-order valence-corrected chi connectivity index (χ2v) is 7.99. The number of aliphatic hydroxyl groups is 1. The SMILES string of the molecule is O=C(Nc1ccc(C2(C(=O)NCCC(F)(F)F)CCC2)cc1CO)c1cccc(Cl)c1. The molecule has 0 saturated heterocycles. The van der Waals surface area contributed by atoms with Crippen LogP contribution in [-0.4, -0.2) is 29.6 Å². The van der Waals surface area contributed by atoms with Crippen molar-refractivity contribution in [1.82, 2.24) is 5.32 Å². The molecule has 31 heavy (non-hydrogen) atoms. The van der Waals surface area contributed by atoms with Gasteiger partial charge in [-0.1, -0.05) is 36.2 Å². The molecular formula is C22H22ClF3N2O3. The van der Waals surface area contributed by atoms with E-state index < -0.39 is 36.4 Å². The summed E-state index contributed by atoms with van der Waals surface area (Å²) in [5, 5.41) is 15.3. The number of carbonyl (C=O) groups is 2. The van der Waals surface area contributed by atoms with Crippen LogP contribution in [0.2, 0.25) is 5.02 Å². The highest BCUT2D eigenvalue weighted by Gasteiger charge is 2.46. The van der Waals surface area contributed by atoms with Gasteiger partial charge < -0.3 is 15.7 Å². The minimum absolute atomic E-state index is 0.347. The van der Waals surface area contributed by atoms with E-state index in [9.17, 15) is 27.9 Å². The summed E-state index contributed by atoms with van der Waals surface area (Å²) in [5.74, 6) is -0.865. The summed E-state index contributed by atoms with van der Waals surface area (Å²) in [5.41, 5.74) is 0.809. The van der Waals surface area contributed by atoms with Crippen molar-refractivity contribution in [3.05, 3.63) is 64.2 Å². The largest absolute Gasteiger partial charge is 0.392 e. The van der Waals surface area contributed by atoms with Gasteiger partial charge in [0.2, 0.25) is 5.91 Å². The van der Waals surface area contributed by atoms with E-state index in [1.807, 2.05) is 0 Å². The van der Waals surface area contributed by atoms with Gasteiger partial charge in [-0.2, -0.15) is 13.2 Å². The number of alkyl halides is 3. The van der Waals surface area contributed by atoms with Crippen LogP contribution in [-0.2, 0) is 16.8 Å². The van der Waals surface area contributed by atoms with Crippen molar-refractivity contribution in [3.63, 3.8) is 0 Å². The molecule has 3 rings (SSSR count). The first-order valence-electron chi connectivity index (χ1n) is 9.81. The minimum atomic E-state index is -4.34. The standard InChI is InChI=1S/C22H22ClF3N2O3/c23-17-4-1-3-14(12-17)19(30)28-18-6-5-16(11-15(18)13-29)21(7-2-8-21)20(31)27-10-9-22(24,25)26/h1,3-6,11-12,29H,2,7-10,13H2,(H,27,31)(H,28,30). The van der Waals surface area contributed by atoms with Crippen LogP contribution in [0, 0.1) is 0 Å². The van der Waals surface area contributed by atoms with Gasteiger partial charge in [-0.3, -0.25) is 9.59 Å². The zero-order valence-corrected chi connectivity index (χ0v) is 17.3. The first-order chi connectivity index (χ1) is 14.6. The lowest BCUT2D eigenvalue weighted by molar-refractivity contribution is -0.138. The van der Waals surface area contributed by atoms with Crippen LogP contribution in [0.3, 0.4) is 0 Å². The molecule has 2 amide bonds. The molecule has 166 valence electrons. The Balaban J connectivity index is 1.77. The van der Waals surface area contributed by atoms with Gasteiger partial charge in [-0.15, -0.1) is 0 Å². The second-order valence-electron chi connectivity index (χ2n) is 7.55. The van der Waals surface area contributed by atoms with E-state index in [1.54, 1.807) is 36.4 Å². The molecule has 3 N–H and O–H groups in total. The molecule has 2 aromatic rings. The van der Waals surface area contributed by atoms with E-state index in [0.29, 0.717) is 40.2 Å². The third-order valence-electron chi connectivity index (χ3n) is 5.50. The van der Waals surface area contributed by atoms with Crippen molar-refractivity contribution < 1.29 is 27.9 Å². The van der Waals surface area contributed by atoms with Crippen LogP contribution in [0.25, 0.3) is 0 Å². The highest BCUT2D eigenvalue weighted by Crippen LogP contribution is 2.45. The highest BCUT2D eigenvalue weighted by molar-refractivity contribution is 6.31. The second kappa shape index (κ2) is 9.28. The number of amides is 2. The fraction of sp³-hybridized carbons (Fsp3) is 0.364. The number of carbonyl (C=O) groups excluding carboxylic acids is 2. The number of aliphatic hydroxyl groups excluding tert-OH is 1. The van der Waals surface area contributed by atoms with E-state index >= 15 is 0 Å². The summed E-state index contributed by atoms with van der Waals surface area (Å²) in [6, 6.07) is 11.3. The molecule has 0 bridgehead atoms. The van der Waals surface area contributed by atoms with Crippen molar-refractivity contribution >= 4 is 29.1 Å². The molecule has 0 radical (unpaired) electrons. The molecule has 1 aliphatic rings. The maximum absolute atomic E-state index is 12.7. The van der Waals surface area contributed by atoms with Crippen molar-refractivity contribution in [2.75, 3.05) is 11.9 Å². The molecule has 0 heterocycles. The Kier molecular flexibility index (Phi) is 6.91. The number of hydrogen-bond acceptors (Lipinski definition) is 3. The lowest BCUT2D eigenvalue weighted by Gasteiger charge is -2.41. The van der Waals surface area contributed by atoms with Crippen LogP contribution in [0.15, 0.2) is 42.5 Å². The van der Waals surface area contributed by atoms with E-state index in [2.05, 4.69) is 10.6 Å². The molecule has 9 heteroatoms. The predicted octanol–water partition coefficient (Wildman–Crippen LogP) is 4.57. The summed E-state index contributed by atoms with van der Waals surface area (Å²) < 4.78 is 37.2. The van der Waals surface area contributed by atoms with Gasteiger partial charge >= 0.3 is 6.18 Å². The van der Waals surface area contributed by atoms with Gasteiger partial charge in [-0.25, -0.2) is 0 Å². The third-order valence-corrected chi connectivity index (χ3v) is 5.73. The zero-order chi connectivity index (χ0) is 22.6. The van der Waals surface area contributed by atoms with Crippen molar-refractivity contribution in [2.45, 2.75) is 43.9 Å². The van der Waals surface area contributed by atoms with E-state index in [-0.39, 0.29) is 6.61 Å². The smallest absolute Gasteiger partial charge is 0.390 e. The van der Waals surface area contributed by atoms with Crippen molar-refractivity contribution in [3.8, 4) is 0 Å². The highest BCUT2D eigenvalue weighted by atomic mass is 35.5. The molecule has 1 aliphatic carbocycles. The number of hydrogen-bond donors (Lipinski definition) is 3. The van der Waals surface area contributed by atoms with Crippen molar-refractivity contribution in [1.29, 1.82) is 0 Å². The fourth-order valence-corrected chi connectivity index (χ4v) is 3.82. The van der Waals surface area contributed by atoms with E-state index in [0.717, 1.165) is 6.42 Å². The average Bonchev–Trinajstić information content (AvgIpc) is 2.67. The Morgan fingerprint density at radius 2 is 1.87 bits per heavy atom. The van der Waals surface area contributed by atoms with Gasteiger partial charge in [0.1, 0.15) is 0 Å². The van der Waals surface area contributed by atoms with Gasteiger partial charge in [0.25, 0.3) is 5.91 Å². The first kappa shape index (κ1) is 23.1. The lowest BCUT2D eigenvalue weighted by Crippen LogP contribution is -2.49. The molecule has 1 fully saturated rings. The third kappa shape index (κ3) is 5.37. The monoisotopic (exact) mass is 454 g/mol. The summed E-state index contributed by atoms with van der Waals surface area (Å²) in [7, 11) is 0. The van der Waals surface area contributed by atoms with Gasteiger partial charge in [0.15, 0.2) is 0 Å². The Morgan fingerprint density at radius 3 is 2.45 bits per heavy atom. The van der Waals surface area contributed by atoms with E-state index in [1.165, 1.54) is 6.07 Å². The number of nitrogens with one attached hydrogen (secondary N) is 2. The molecule has 1 saturated carbocycles. The topological polar surface area (TPSA) is 78.4 Å². The zero-order valence-electron chi connectivity index (χ0n) is 16.6. The molecule has 5 nitrogen and oxygen atoms in total. The molecule has 0 spiro atoms. The van der Waals surface area contributed by atoms with E-state index in [4.69, 9.17) is 11.6 Å². The van der Waals surface area contributed by atoms with Gasteiger partial charge in [-0.05, 0) is 42.7 Å². The molecule has 0 aliphatic heterocycles. The van der Waals surface area contributed by atoms with Gasteiger partial charge in [0.05, 0.1) is 18.4 Å². The minimum Gasteiger partial charge on any atom is -0.392 e. The Morgan fingerprint density at radius 1 is 1.13 bits per heavy atom. The fourth-order valence-electron chi connectivity index (χ4n) is 3.63. The summed E-state index contributed by atoms with van der Waals surface area (Å²) in [6.07, 6.45) is -3.65. The maximum atomic E-state index is 12.7. The Labute approximate surface area is 182 Å². The van der Waals surface area contributed by atoms with Gasteiger partial charge in [0, 0.05) is 28.4 Å². The van der Waals surface area contributed by atoms with Crippen LogP contribution in [0.1, 0.15) is 47.2 Å². The van der Waals surface area contributed by atoms with Crippen molar-refractivity contribution in [2.24, 2.45) is 0 Å². The molecule has 2 aromatic carbocycles. The summed E-state index contributed by atoms with van der Waals surface area (Å²) in [4.78, 5) is 25.2. The molecule has 0 aromatic heterocycles. The predicted molar refractivity (Wildman–Crippen MR) is 111 cm³/mol. The van der Waals surface area contributed by atoms with Crippen LogP contribution < -0.4 is 10.6 Å². The molecule has 0 unspecified atom stereocenters. The quantitative estimate of drug-likeness (QED) is 0.573. The normalized spacial score (nSPS) is 15.1. The number of halogens is 4. The first-order valence-corrected chi connectivity index (χ1v) is 10.2. The number of rotatable bonds is 7. The number of anilines is 1. The average molecular weight is 455 g/mol. The number of benzene rings is 2. The van der Waals surface area contributed by atoms with Crippen LogP contribution >= 0.6 is 11.6 Å². The Bertz CT molecular complexity index is 975. The van der Waals surface area contributed by atoms with Crippen LogP contribution in [0.4, 0.5) is 18.9 Å². The maximum Gasteiger partial charge on any atom is 0.390 e. The summed E-state index contributed by atoms with van der Waals surface area (Å²) in [6.45, 7) is -0.866. The summed E-state index contributed by atoms with van der Waals surface area (Å²) >= 11 is 5.91. The lowest BCUT2D eigenvalue weighted by atomic mass is 9.63. The molecular weight excluding hydrogens is 433 g/mol. The molecule has 0 atom stereocenters. The van der Waals surface area contributed by atoms with Crippen LogP contribution in [0.5, 0.6) is 0 Å². The Hall–Kier alpha value is -2.58.